The molecule has 92 valence electrons. The van der Waals surface area contributed by atoms with Gasteiger partial charge in [-0.15, -0.1) is 0 Å². The van der Waals surface area contributed by atoms with Crippen molar-refractivity contribution in [1.29, 1.82) is 0 Å². The highest BCUT2D eigenvalue weighted by Gasteiger charge is 2.13. The van der Waals surface area contributed by atoms with Crippen molar-refractivity contribution in [2.75, 3.05) is 11.9 Å². The number of H-pyrrole nitrogens is 1. The van der Waals surface area contributed by atoms with Crippen LogP contribution < -0.4 is 5.32 Å². The maximum Gasteiger partial charge on any atom is 0.225 e. The molecule has 7 heteroatoms. The quantitative estimate of drug-likeness (QED) is 0.721. The second-order valence-electron chi connectivity index (χ2n) is 3.90. The molecule has 0 aliphatic carbocycles. The number of nitrogens with one attached hydrogen (secondary N) is 2. The first-order chi connectivity index (χ1) is 8.79. The average molecular weight is 243 g/mol. The van der Waals surface area contributed by atoms with Gasteiger partial charge in [0.1, 0.15) is 5.69 Å². The maximum absolute atomic E-state index is 4.52. The molecule has 18 heavy (non-hydrogen) atoms. The molecular formula is C11H13N7. The van der Waals surface area contributed by atoms with Gasteiger partial charge in [0.05, 0.1) is 17.3 Å². The van der Waals surface area contributed by atoms with E-state index in [9.17, 15) is 0 Å². The standard InChI is InChI=1S/C11H13N7/c1-3-12-11-15-9(8-4-5-14-18(8)2)7-6-13-17-10(7)16-11/h4-6H,3H2,1-2H3,(H2,12,13,15,16,17). The molecule has 3 aromatic heterocycles. The number of aromatic amines is 1. The van der Waals surface area contributed by atoms with Gasteiger partial charge in [-0.25, -0.2) is 4.98 Å². The van der Waals surface area contributed by atoms with E-state index in [1.54, 1.807) is 17.1 Å². The van der Waals surface area contributed by atoms with E-state index < -0.39 is 0 Å². The van der Waals surface area contributed by atoms with Gasteiger partial charge in [0, 0.05) is 19.8 Å². The van der Waals surface area contributed by atoms with Crippen LogP contribution in [0.1, 0.15) is 6.92 Å². The number of rotatable bonds is 3. The second kappa shape index (κ2) is 4.10. The molecule has 3 aromatic rings. The molecule has 0 aliphatic heterocycles. The monoisotopic (exact) mass is 243 g/mol. The van der Waals surface area contributed by atoms with E-state index in [2.05, 4.69) is 30.6 Å². The summed E-state index contributed by atoms with van der Waals surface area (Å²) in [6, 6.07) is 1.92. The predicted octanol–water partition coefficient (Wildman–Crippen LogP) is 1.19. The van der Waals surface area contributed by atoms with Gasteiger partial charge in [-0.2, -0.15) is 15.2 Å². The predicted molar refractivity (Wildman–Crippen MR) is 68.0 cm³/mol. The van der Waals surface area contributed by atoms with Crippen molar-refractivity contribution in [2.45, 2.75) is 6.92 Å². The number of nitrogens with zero attached hydrogens (tertiary/aromatic N) is 5. The first-order valence-electron chi connectivity index (χ1n) is 5.73. The molecule has 0 radical (unpaired) electrons. The summed E-state index contributed by atoms with van der Waals surface area (Å²) in [5.41, 5.74) is 2.48. The summed E-state index contributed by atoms with van der Waals surface area (Å²) in [5.74, 6) is 0.588. The maximum atomic E-state index is 4.52. The van der Waals surface area contributed by atoms with E-state index in [4.69, 9.17) is 0 Å². The Balaban J connectivity index is 2.26. The van der Waals surface area contributed by atoms with E-state index in [1.807, 2.05) is 20.0 Å². The van der Waals surface area contributed by atoms with Gasteiger partial charge in [-0.1, -0.05) is 0 Å². The number of hydrogen-bond acceptors (Lipinski definition) is 5. The largest absolute Gasteiger partial charge is 0.354 e. The molecule has 0 bridgehead atoms. The van der Waals surface area contributed by atoms with Gasteiger partial charge < -0.3 is 5.32 Å². The van der Waals surface area contributed by atoms with Crippen LogP contribution in [0.15, 0.2) is 18.5 Å². The first-order valence-corrected chi connectivity index (χ1v) is 5.73. The lowest BCUT2D eigenvalue weighted by molar-refractivity contribution is 0.774. The molecule has 7 nitrogen and oxygen atoms in total. The third kappa shape index (κ3) is 1.60. The fraction of sp³-hybridized carbons (Fsp3) is 0.273. The molecule has 0 fully saturated rings. The van der Waals surface area contributed by atoms with E-state index in [0.717, 1.165) is 29.0 Å². The van der Waals surface area contributed by atoms with E-state index in [0.29, 0.717) is 5.95 Å². The van der Waals surface area contributed by atoms with Crippen molar-refractivity contribution in [3.63, 3.8) is 0 Å². The Labute approximate surface area is 103 Å². The Bertz CT molecular complexity index is 682. The summed E-state index contributed by atoms with van der Waals surface area (Å²) in [6.45, 7) is 2.77. The van der Waals surface area contributed by atoms with Gasteiger partial charge in [-0.05, 0) is 13.0 Å². The van der Waals surface area contributed by atoms with Crippen LogP contribution in [-0.2, 0) is 7.05 Å². The van der Waals surface area contributed by atoms with Crippen LogP contribution in [0, 0.1) is 0 Å². The molecule has 0 saturated carbocycles. The topological polar surface area (TPSA) is 84.3 Å². The molecule has 3 rings (SSSR count). The van der Waals surface area contributed by atoms with Gasteiger partial charge in [0.25, 0.3) is 0 Å². The highest BCUT2D eigenvalue weighted by Crippen LogP contribution is 2.25. The number of aryl methyl sites for hydroxylation is 1. The average Bonchev–Trinajstić information content (AvgIpc) is 2.97. The van der Waals surface area contributed by atoms with E-state index in [-0.39, 0.29) is 0 Å². The van der Waals surface area contributed by atoms with Gasteiger partial charge in [-0.3, -0.25) is 9.78 Å². The summed E-state index contributed by atoms with van der Waals surface area (Å²) in [7, 11) is 1.89. The van der Waals surface area contributed by atoms with Gasteiger partial charge >= 0.3 is 0 Å². The van der Waals surface area contributed by atoms with Crippen LogP contribution in [0.25, 0.3) is 22.4 Å². The Morgan fingerprint density at radius 3 is 3.00 bits per heavy atom. The van der Waals surface area contributed by atoms with E-state index >= 15 is 0 Å². The van der Waals surface area contributed by atoms with Crippen LogP contribution in [0.3, 0.4) is 0 Å². The highest BCUT2D eigenvalue weighted by atomic mass is 15.3. The van der Waals surface area contributed by atoms with Crippen LogP contribution >= 0.6 is 0 Å². The van der Waals surface area contributed by atoms with Crippen molar-refractivity contribution < 1.29 is 0 Å². The number of fused-ring (bicyclic) bond motifs is 1. The lowest BCUT2D eigenvalue weighted by Gasteiger charge is -2.06. The Morgan fingerprint density at radius 2 is 2.28 bits per heavy atom. The Morgan fingerprint density at radius 1 is 1.39 bits per heavy atom. The molecule has 2 N–H and O–H groups in total. The lowest BCUT2D eigenvalue weighted by Crippen LogP contribution is -2.04. The smallest absolute Gasteiger partial charge is 0.225 e. The molecule has 3 heterocycles. The third-order valence-corrected chi connectivity index (χ3v) is 2.71. The Kier molecular flexibility index (Phi) is 2.44. The summed E-state index contributed by atoms with van der Waals surface area (Å²) < 4.78 is 1.78. The number of hydrogen-bond donors (Lipinski definition) is 2. The van der Waals surface area contributed by atoms with Crippen molar-refractivity contribution in [1.82, 2.24) is 29.9 Å². The van der Waals surface area contributed by atoms with Crippen LogP contribution in [0.2, 0.25) is 0 Å². The zero-order valence-electron chi connectivity index (χ0n) is 10.2. The minimum Gasteiger partial charge on any atom is -0.354 e. The van der Waals surface area contributed by atoms with Crippen molar-refractivity contribution in [3.8, 4) is 11.4 Å². The summed E-state index contributed by atoms with van der Waals surface area (Å²) in [6.07, 6.45) is 3.48. The van der Waals surface area contributed by atoms with Crippen molar-refractivity contribution in [2.24, 2.45) is 7.05 Å². The van der Waals surface area contributed by atoms with Crippen molar-refractivity contribution in [3.05, 3.63) is 18.5 Å². The molecule has 0 aliphatic rings. The first kappa shape index (κ1) is 10.7. The second-order valence-corrected chi connectivity index (χ2v) is 3.90. The van der Waals surface area contributed by atoms with E-state index in [1.165, 1.54) is 0 Å². The molecular weight excluding hydrogens is 230 g/mol. The molecule has 0 atom stereocenters. The highest BCUT2D eigenvalue weighted by molar-refractivity contribution is 5.89. The zero-order chi connectivity index (χ0) is 12.5. The molecule has 0 saturated heterocycles. The summed E-state index contributed by atoms with van der Waals surface area (Å²) >= 11 is 0. The number of aromatic nitrogens is 6. The molecule has 0 unspecified atom stereocenters. The lowest BCUT2D eigenvalue weighted by atomic mass is 10.2. The summed E-state index contributed by atoms with van der Waals surface area (Å²) in [4.78, 5) is 8.88. The third-order valence-electron chi connectivity index (χ3n) is 2.71. The minimum atomic E-state index is 0.588. The fourth-order valence-electron chi connectivity index (χ4n) is 1.87. The summed E-state index contributed by atoms with van der Waals surface area (Å²) in [5, 5.41) is 15.1. The Hall–Kier alpha value is -2.44. The molecule has 0 amide bonds. The minimum absolute atomic E-state index is 0.588. The van der Waals surface area contributed by atoms with Gasteiger partial charge in [0.15, 0.2) is 5.65 Å². The van der Waals surface area contributed by atoms with Crippen LogP contribution in [-0.4, -0.2) is 36.5 Å². The van der Waals surface area contributed by atoms with Gasteiger partial charge in [0.2, 0.25) is 5.95 Å². The van der Waals surface area contributed by atoms with Crippen molar-refractivity contribution >= 4 is 17.0 Å². The zero-order valence-corrected chi connectivity index (χ0v) is 10.2. The van der Waals surface area contributed by atoms with Crippen LogP contribution in [0.5, 0.6) is 0 Å². The molecule has 0 aromatic carbocycles. The fourth-order valence-corrected chi connectivity index (χ4v) is 1.87. The molecule has 0 spiro atoms. The normalized spacial score (nSPS) is 11.0. The SMILES string of the molecule is CCNc1nc(-c2ccnn2C)c2cn[nH]c2n1. The number of anilines is 1. The van der Waals surface area contributed by atoms with Crippen LogP contribution in [0.4, 0.5) is 5.95 Å².